The Bertz CT molecular complexity index is 1070. The second kappa shape index (κ2) is 13.7. The first-order valence-corrected chi connectivity index (χ1v) is 12.8. The van der Waals surface area contributed by atoms with E-state index < -0.39 is 47.5 Å². The number of ether oxygens (including phenoxy) is 3. The third-order valence-corrected chi connectivity index (χ3v) is 5.14. The van der Waals surface area contributed by atoms with E-state index >= 15 is 0 Å². The van der Waals surface area contributed by atoms with Crippen LogP contribution in [-0.2, 0) is 19.0 Å². The molecule has 0 aliphatic heterocycles. The molecule has 2 aromatic rings. The molecular weight excluding hydrogens is 500 g/mol. The van der Waals surface area contributed by atoms with Crippen LogP contribution in [0.5, 0.6) is 0 Å². The van der Waals surface area contributed by atoms with Crippen LogP contribution < -0.4 is 11.1 Å². The molecule has 0 saturated heterocycles. The van der Waals surface area contributed by atoms with Crippen molar-refractivity contribution in [2.45, 2.75) is 77.7 Å². The van der Waals surface area contributed by atoms with Gasteiger partial charge in [0.25, 0.3) is 0 Å². The van der Waals surface area contributed by atoms with Crippen molar-refractivity contribution in [3.63, 3.8) is 0 Å². The van der Waals surface area contributed by atoms with Crippen molar-refractivity contribution in [1.82, 2.24) is 10.2 Å². The summed E-state index contributed by atoms with van der Waals surface area (Å²) in [6.45, 7) is 10.1. The molecule has 10 nitrogen and oxygen atoms in total. The molecule has 0 heterocycles. The Kier molecular flexibility index (Phi) is 11.0. The van der Waals surface area contributed by atoms with E-state index in [-0.39, 0.29) is 19.4 Å². The van der Waals surface area contributed by atoms with Gasteiger partial charge in [0.15, 0.2) is 6.10 Å². The maximum Gasteiger partial charge on any atom is 0.417 e. The number of guanidine groups is 1. The van der Waals surface area contributed by atoms with Gasteiger partial charge in [0.2, 0.25) is 5.96 Å². The fourth-order valence-electron chi connectivity index (χ4n) is 3.45. The molecule has 2 amide bonds. The fourth-order valence-corrected chi connectivity index (χ4v) is 3.45. The molecule has 39 heavy (non-hydrogen) atoms. The fraction of sp³-hybridized carbons (Fsp3) is 0.448. The molecule has 0 fully saturated rings. The van der Waals surface area contributed by atoms with E-state index in [2.05, 4.69) is 5.32 Å². The van der Waals surface area contributed by atoms with Gasteiger partial charge in [-0.15, -0.1) is 0 Å². The summed E-state index contributed by atoms with van der Waals surface area (Å²) in [5.41, 5.74) is 6.16. The van der Waals surface area contributed by atoms with Crippen LogP contribution in [0.4, 0.5) is 9.59 Å². The lowest BCUT2D eigenvalue weighted by Gasteiger charge is -2.28. The molecule has 0 unspecified atom stereocenters. The van der Waals surface area contributed by atoms with Gasteiger partial charge in [-0.3, -0.25) is 15.5 Å². The van der Waals surface area contributed by atoms with Crippen molar-refractivity contribution in [1.29, 1.82) is 5.41 Å². The minimum absolute atomic E-state index is 0.0364. The molecule has 0 radical (unpaired) electrons. The Balaban J connectivity index is 2.05. The molecule has 212 valence electrons. The highest BCUT2D eigenvalue weighted by molar-refractivity contribution is 5.99. The minimum Gasteiger partial charge on any atom is -0.451 e. The van der Waals surface area contributed by atoms with E-state index in [0.717, 1.165) is 16.0 Å². The average molecular weight is 541 g/mol. The van der Waals surface area contributed by atoms with Crippen LogP contribution in [0.1, 0.15) is 71.6 Å². The summed E-state index contributed by atoms with van der Waals surface area (Å²) in [6.07, 6.45) is -1.94. The zero-order chi connectivity index (χ0) is 29.2. The summed E-state index contributed by atoms with van der Waals surface area (Å²) < 4.78 is 16.4. The van der Waals surface area contributed by atoms with Crippen LogP contribution in [0, 0.1) is 5.41 Å². The monoisotopic (exact) mass is 540 g/mol. The van der Waals surface area contributed by atoms with Gasteiger partial charge in [0, 0.05) is 6.54 Å². The molecule has 2 aromatic carbocycles. The number of alkyl carbamates (subject to hydrolysis) is 1. The number of nitrogens with two attached hydrogens (primary N) is 1. The number of hydrogen-bond acceptors (Lipinski definition) is 8. The van der Waals surface area contributed by atoms with E-state index in [1.54, 1.807) is 41.5 Å². The van der Waals surface area contributed by atoms with Crippen molar-refractivity contribution in [3.8, 4) is 0 Å². The maximum atomic E-state index is 12.9. The van der Waals surface area contributed by atoms with E-state index in [1.807, 2.05) is 60.7 Å². The van der Waals surface area contributed by atoms with Gasteiger partial charge in [0.1, 0.15) is 17.2 Å². The van der Waals surface area contributed by atoms with Gasteiger partial charge in [-0.05, 0) is 65.5 Å². The highest BCUT2D eigenvalue weighted by atomic mass is 16.6. The molecule has 0 spiro atoms. The van der Waals surface area contributed by atoms with Crippen LogP contribution >= 0.6 is 0 Å². The van der Waals surface area contributed by atoms with E-state index in [9.17, 15) is 14.4 Å². The molecule has 10 heteroatoms. The van der Waals surface area contributed by atoms with E-state index in [1.165, 1.54) is 0 Å². The van der Waals surface area contributed by atoms with Crippen molar-refractivity contribution in [3.05, 3.63) is 71.8 Å². The second-order valence-electron chi connectivity index (χ2n) is 11.0. The number of esters is 1. The van der Waals surface area contributed by atoms with Gasteiger partial charge < -0.3 is 19.9 Å². The molecule has 4 N–H and O–H groups in total. The lowest BCUT2D eigenvalue weighted by Crippen LogP contribution is -2.50. The zero-order valence-electron chi connectivity index (χ0n) is 23.5. The largest absolute Gasteiger partial charge is 0.451 e. The van der Waals surface area contributed by atoms with E-state index in [0.29, 0.717) is 0 Å². The van der Waals surface area contributed by atoms with Crippen molar-refractivity contribution in [2.75, 3.05) is 6.54 Å². The van der Waals surface area contributed by atoms with Crippen LogP contribution in [0.15, 0.2) is 60.7 Å². The van der Waals surface area contributed by atoms with Gasteiger partial charge in [-0.1, -0.05) is 60.7 Å². The van der Waals surface area contributed by atoms with Crippen molar-refractivity contribution in [2.24, 2.45) is 5.73 Å². The number of rotatable bonds is 8. The third-order valence-electron chi connectivity index (χ3n) is 5.14. The van der Waals surface area contributed by atoms with Crippen molar-refractivity contribution >= 4 is 24.1 Å². The standard InChI is InChI=1S/C29H40N4O6/c1-28(2,3)38-26(35)32-25(31)33(27(36)39-29(4,5)6)19-13-18-22(30)24(34)37-23(20-14-9-7-10-15-20)21-16-11-8-12-17-21/h7-12,14-17,22-23H,13,18-19,30H2,1-6H3,(H2,31,32,35)/t22-/m0/s1. The molecule has 0 aliphatic rings. The maximum absolute atomic E-state index is 12.9. The second-order valence-corrected chi connectivity index (χ2v) is 11.0. The molecule has 0 saturated carbocycles. The average Bonchev–Trinajstić information content (AvgIpc) is 2.83. The van der Waals surface area contributed by atoms with Gasteiger partial charge in [0.05, 0.1) is 0 Å². The number of hydrogen-bond donors (Lipinski definition) is 3. The minimum atomic E-state index is -0.978. The van der Waals surface area contributed by atoms with Crippen LogP contribution in [0.2, 0.25) is 0 Å². The predicted molar refractivity (Wildman–Crippen MR) is 148 cm³/mol. The Hall–Kier alpha value is -3.92. The molecule has 0 aliphatic carbocycles. The first-order chi connectivity index (χ1) is 18.2. The lowest BCUT2D eigenvalue weighted by atomic mass is 10.0. The summed E-state index contributed by atoms with van der Waals surface area (Å²) in [6, 6.07) is 17.7. The lowest BCUT2D eigenvalue weighted by molar-refractivity contribution is -0.149. The summed E-state index contributed by atoms with van der Waals surface area (Å²) >= 11 is 0. The summed E-state index contributed by atoms with van der Waals surface area (Å²) in [7, 11) is 0. The third kappa shape index (κ3) is 11.2. The highest BCUT2D eigenvalue weighted by Gasteiger charge is 2.28. The Morgan fingerprint density at radius 1 is 0.872 bits per heavy atom. The normalized spacial score (nSPS) is 12.3. The number of nitrogens with one attached hydrogen (secondary N) is 2. The number of nitrogens with zero attached hydrogens (tertiary/aromatic N) is 1. The summed E-state index contributed by atoms with van der Waals surface area (Å²) in [5, 5.41) is 10.5. The summed E-state index contributed by atoms with van der Waals surface area (Å²) in [4.78, 5) is 38.8. The van der Waals surface area contributed by atoms with Crippen molar-refractivity contribution < 1.29 is 28.6 Å². The smallest absolute Gasteiger partial charge is 0.417 e. The molecular formula is C29H40N4O6. The number of carbonyl (C=O) groups excluding carboxylic acids is 3. The molecule has 0 bridgehead atoms. The molecule has 0 aromatic heterocycles. The summed E-state index contributed by atoms with van der Waals surface area (Å²) in [5.74, 6) is -1.11. The Morgan fingerprint density at radius 3 is 1.82 bits per heavy atom. The van der Waals surface area contributed by atoms with E-state index in [4.69, 9.17) is 25.4 Å². The van der Waals surface area contributed by atoms with Gasteiger partial charge in [-0.25, -0.2) is 14.5 Å². The number of benzene rings is 2. The molecule has 1 atom stereocenters. The van der Waals surface area contributed by atoms with Crippen LogP contribution in [-0.4, -0.2) is 52.8 Å². The quantitative estimate of drug-likeness (QED) is 0.182. The van der Waals surface area contributed by atoms with Gasteiger partial charge in [-0.2, -0.15) is 0 Å². The first kappa shape index (κ1) is 31.3. The SMILES string of the molecule is CC(C)(C)OC(=O)NC(=N)N(CCC[C@H](N)C(=O)OC(c1ccccc1)c1ccccc1)C(=O)OC(C)(C)C. The van der Waals surface area contributed by atoms with Crippen LogP contribution in [0.3, 0.4) is 0 Å². The number of amides is 2. The molecule has 2 rings (SSSR count). The Labute approximate surface area is 230 Å². The number of carbonyl (C=O) groups is 3. The topological polar surface area (TPSA) is 144 Å². The zero-order valence-corrected chi connectivity index (χ0v) is 23.5. The highest BCUT2D eigenvalue weighted by Crippen LogP contribution is 2.26. The van der Waals surface area contributed by atoms with Crippen LogP contribution in [0.25, 0.3) is 0 Å². The predicted octanol–water partition coefficient (Wildman–Crippen LogP) is 5.12. The van der Waals surface area contributed by atoms with Gasteiger partial charge >= 0.3 is 18.2 Å². The first-order valence-electron chi connectivity index (χ1n) is 12.8. The Morgan fingerprint density at radius 2 is 1.36 bits per heavy atom.